The lowest BCUT2D eigenvalue weighted by Gasteiger charge is -2.28. The predicted octanol–water partition coefficient (Wildman–Crippen LogP) is 2.02. The van der Waals surface area contributed by atoms with Crippen LogP contribution >= 0.6 is 0 Å². The molecule has 1 aliphatic heterocycles. The van der Waals surface area contributed by atoms with E-state index in [2.05, 4.69) is 36.2 Å². The first-order chi connectivity index (χ1) is 9.80. The van der Waals surface area contributed by atoms with Gasteiger partial charge in [-0.1, -0.05) is 13.8 Å². The van der Waals surface area contributed by atoms with Crippen molar-refractivity contribution in [3.63, 3.8) is 0 Å². The minimum atomic E-state index is 0.391. The topological polar surface area (TPSA) is 52.0 Å². The van der Waals surface area contributed by atoms with Crippen LogP contribution in [0.15, 0.2) is 6.33 Å². The zero-order valence-corrected chi connectivity index (χ0v) is 13.0. The number of aromatic nitrogens is 3. The second-order valence-electron chi connectivity index (χ2n) is 5.53. The average molecular weight is 280 g/mol. The van der Waals surface area contributed by atoms with Crippen LogP contribution < -0.4 is 5.32 Å². The van der Waals surface area contributed by atoms with Gasteiger partial charge in [0, 0.05) is 31.5 Å². The smallest absolute Gasteiger partial charge is 0.138 e. The van der Waals surface area contributed by atoms with Crippen LogP contribution in [0.4, 0.5) is 0 Å². The molecule has 1 aromatic rings. The van der Waals surface area contributed by atoms with Gasteiger partial charge in [0.2, 0.25) is 0 Å². The lowest BCUT2D eigenvalue weighted by atomic mass is 9.89. The Bertz CT molecular complexity index is 393. The third-order valence-corrected chi connectivity index (χ3v) is 4.23. The Hall–Kier alpha value is -0.940. The lowest BCUT2D eigenvalue weighted by molar-refractivity contribution is 0.0771. The molecule has 5 nitrogen and oxygen atoms in total. The minimum absolute atomic E-state index is 0.391. The van der Waals surface area contributed by atoms with Crippen molar-refractivity contribution < 1.29 is 4.74 Å². The highest BCUT2D eigenvalue weighted by atomic mass is 16.5. The molecule has 5 heteroatoms. The van der Waals surface area contributed by atoms with E-state index in [4.69, 9.17) is 4.74 Å². The summed E-state index contributed by atoms with van der Waals surface area (Å²) < 4.78 is 7.87. The molecular formula is C15H28N4O. The van der Waals surface area contributed by atoms with Gasteiger partial charge >= 0.3 is 0 Å². The van der Waals surface area contributed by atoms with Gasteiger partial charge in [0.15, 0.2) is 0 Å². The molecule has 1 fully saturated rings. The van der Waals surface area contributed by atoms with E-state index >= 15 is 0 Å². The van der Waals surface area contributed by atoms with E-state index in [1.54, 1.807) is 6.33 Å². The molecule has 0 bridgehead atoms. The van der Waals surface area contributed by atoms with E-state index in [9.17, 15) is 0 Å². The Morgan fingerprint density at radius 2 is 2.30 bits per heavy atom. The Morgan fingerprint density at radius 1 is 1.45 bits per heavy atom. The number of nitrogens with one attached hydrogen (secondary N) is 1. The normalized spacial score (nSPS) is 24.1. The molecule has 2 rings (SSSR count). The highest BCUT2D eigenvalue weighted by molar-refractivity contribution is 4.95. The summed E-state index contributed by atoms with van der Waals surface area (Å²) in [4.78, 5) is 4.43. The quantitative estimate of drug-likeness (QED) is 0.791. The number of nitrogens with zero attached hydrogens (tertiary/aromatic N) is 3. The maximum atomic E-state index is 5.87. The fraction of sp³-hybridized carbons (Fsp3) is 0.867. The van der Waals surface area contributed by atoms with Crippen LogP contribution in [-0.2, 0) is 17.7 Å². The largest absolute Gasteiger partial charge is 0.378 e. The minimum Gasteiger partial charge on any atom is -0.378 e. The molecule has 0 aliphatic carbocycles. The van der Waals surface area contributed by atoms with Gasteiger partial charge in [0.25, 0.3) is 0 Å². The van der Waals surface area contributed by atoms with E-state index in [-0.39, 0.29) is 0 Å². The van der Waals surface area contributed by atoms with Gasteiger partial charge in [-0.15, -0.1) is 0 Å². The standard InChI is InChI=1S/C15H28N4O/c1-4-8-16-13(12-7-9-20-14(12)5-2)10-15-17-11-18-19(15)6-3/h11-14,16H,4-10H2,1-3H3. The second-order valence-corrected chi connectivity index (χ2v) is 5.53. The highest BCUT2D eigenvalue weighted by Crippen LogP contribution is 2.28. The fourth-order valence-electron chi connectivity index (χ4n) is 3.16. The number of aryl methyl sites for hydroxylation is 1. The van der Waals surface area contributed by atoms with Gasteiger partial charge < -0.3 is 10.1 Å². The molecule has 1 N–H and O–H groups in total. The number of hydrogen-bond donors (Lipinski definition) is 1. The van der Waals surface area contributed by atoms with E-state index in [0.717, 1.165) is 51.2 Å². The Kier molecular flexibility index (Phi) is 5.98. The number of hydrogen-bond acceptors (Lipinski definition) is 4. The van der Waals surface area contributed by atoms with E-state index < -0.39 is 0 Å². The van der Waals surface area contributed by atoms with Crippen molar-refractivity contribution in [2.45, 2.75) is 65.1 Å². The summed E-state index contributed by atoms with van der Waals surface area (Å²) in [6, 6.07) is 0.442. The van der Waals surface area contributed by atoms with Gasteiger partial charge in [0.1, 0.15) is 12.2 Å². The molecule has 3 atom stereocenters. The van der Waals surface area contributed by atoms with Gasteiger partial charge in [0.05, 0.1) is 6.10 Å². The van der Waals surface area contributed by atoms with Crippen LogP contribution in [-0.4, -0.2) is 40.1 Å². The Morgan fingerprint density at radius 3 is 3.00 bits per heavy atom. The first kappa shape index (κ1) is 15.4. The van der Waals surface area contributed by atoms with Crippen LogP contribution in [0.2, 0.25) is 0 Å². The fourth-order valence-corrected chi connectivity index (χ4v) is 3.16. The van der Waals surface area contributed by atoms with Crippen LogP contribution in [0.3, 0.4) is 0 Å². The molecule has 0 radical (unpaired) electrons. The molecule has 3 unspecified atom stereocenters. The summed E-state index contributed by atoms with van der Waals surface area (Å²) in [5, 5.41) is 7.98. The van der Waals surface area contributed by atoms with Gasteiger partial charge in [-0.3, -0.25) is 4.68 Å². The Balaban J connectivity index is 2.06. The van der Waals surface area contributed by atoms with E-state index in [1.807, 2.05) is 4.68 Å². The zero-order chi connectivity index (χ0) is 14.4. The van der Waals surface area contributed by atoms with E-state index in [0.29, 0.717) is 18.1 Å². The van der Waals surface area contributed by atoms with Gasteiger partial charge in [-0.25, -0.2) is 4.98 Å². The molecule has 0 saturated carbocycles. The van der Waals surface area contributed by atoms with Crippen molar-refractivity contribution in [3.8, 4) is 0 Å². The third-order valence-electron chi connectivity index (χ3n) is 4.23. The molecule has 0 spiro atoms. The highest BCUT2D eigenvalue weighted by Gasteiger charge is 2.34. The lowest BCUT2D eigenvalue weighted by Crippen LogP contribution is -2.42. The maximum Gasteiger partial charge on any atom is 0.138 e. The van der Waals surface area contributed by atoms with Crippen molar-refractivity contribution in [1.29, 1.82) is 0 Å². The molecule has 2 heterocycles. The van der Waals surface area contributed by atoms with Gasteiger partial charge in [-0.2, -0.15) is 5.10 Å². The van der Waals surface area contributed by atoms with Crippen molar-refractivity contribution in [3.05, 3.63) is 12.2 Å². The average Bonchev–Trinajstić information content (AvgIpc) is 3.11. The molecular weight excluding hydrogens is 252 g/mol. The molecule has 1 aliphatic rings. The SMILES string of the molecule is CCCNC(Cc1ncnn1CC)C1CCOC1CC. The molecule has 0 amide bonds. The van der Waals surface area contributed by atoms with Crippen LogP contribution in [0.25, 0.3) is 0 Å². The molecule has 1 saturated heterocycles. The van der Waals surface area contributed by atoms with Crippen molar-refractivity contribution >= 4 is 0 Å². The molecule has 1 aromatic heterocycles. The van der Waals surface area contributed by atoms with E-state index in [1.165, 1.54) is 0 Å². The molecule has 114 valence electrons. The summed E-state index contributed by atoms with van der Waals surface area (Å²) >= 11 is 0. The third kappa shape index (κ3) is 3.58. The summed E-state index contributed by atoms with van der Waals surface area (Å²) in [7, 11) is 0. The maximum absolute atomic E-state index is 5.87. The first-order valence-corrected chi connectivity index (χ1v) is 8.01. The number of rotatable bonds is 8. The van der Waals surface area contributed by atoms with Crippen molar-refractivity contribution in [2.24, 2.45) is 5.92 Å². The molecule has 0 aromatic carbocycles. The van der Waals surface area contributed by atoms with Crippen LogP contribution in [0.1, 0.15) is 45.9 Å². The van der Waals surface area contributed by atoms with Crippen LogP contribution in [0, 0.1) is 5.92 Å². The van der Waals surface area contributed by atoms with Crippen molar-refractivity contribution in [2.75, 3.05) is 13.2 Å². The van der Waals surface area contributed by atoms with Crippen LogP contribution in [0.5, 0.6) is 0 Å². The Labute approximate surface area is 122 Å². The summed E-state index contributed by atoms with van der Waals surface area (Å²) in [5.74, 6) is 1.68. The molecule has 20 heavy (non-hydrogen) atoms. The first-order valence-electron chi connectivity index (χ1n) is 8.01. The summed E-state index contributed by atoms with van der Waals surface area (Å²) in [6.07, 6.45) is 6.40. The number of ether oxygens (including phenoxy) is 1. The van der Waals surface area contributed by atoms with Crippen molar-refractivity contribution in [1.82, 2.24) is 20.1 Å². The monoisotopic (exact) mass is 280 g/mol. The zero-order valence-electron chi connectivity index (χ0n) is 13.0. The second kappa shape index (κ2) is 7.74. The predicted molar refractivity (Wildman–Crippen MR) is 79.6 cm³/mol. The summed E-state index contributed by atoms with van der Waals surface area (Å²) in [6.45, 7) is 9.37. The summed E-state index contributed by atoms with van der Waals surface area (Å²) in [5.41, 5.74) is 0. The van der Waals surface area contributed by atoms with Gasteiger partial charge in [-0.05, 0) is 32.7 Å².